The normalized spacial score (nSPS) is 19.6. The number of hydrogen-bond acceptors (Lipinski definition) is 3. The number of aliphatic hydroxyl groups excluding tert-OH is 1. The summed E-state index contributed by atoms with van der Waals surface area (Å²) < 4.78 is 13.6. The first-order chi connectivity index (χ1) is 8.77. The van der Waals surface area contributed by atoms with Crippen molar-refractivity contribution >= 4 is 5.69 Å². The standard InChI is InChI=1S/C14H17FN2O/c15-13-5-3-6-14(12(13)10-16)17-8-2-1-4-11(17)7-9-18/h3,5-6,11,18H,1-2,4,7-9H2. The molecule has 0 bridgehead atoms. The number of nitrogens with zero attached hydrogens (tertiary/aromatic N) is 2. The van der Waals surface area contributed by atoms with Gasteiger partial charge in [-0.25, -0.2) is 4.39 Å². The average Bonchev–Trinajstić information content (AvgIpc) is 2.39. The van der Waals surface area contributed by atoms with Crippen LogP contribution in [0, 0.1) is 17.1 Å². The second-order valence-electron chi connectivity index (χ2n) is 4.60. The fourth-order valence-corrected chi connectivity index (χ4v) is 2.63. The van der Waals surface area contributed by atoms with Gasteiger partial charge in [-0.3, -0.25) is 0 Å². The third kappa shape index (κ3) is 2.46. The van der Waals surface area contributed by atoms with Crippen molar-refractivity contribution < 1.29 is 9.50 Å². The molecule has 0 aromatic heterocycles. The van der Waals surface area contributed by atoms with Crippen molar-refractivity contribution in [3.05, 3.63) is 29.6 Å². The van der Waals surface area contributed by atoms with Crippen LogP contribution in [0.4, 0.5) is 10.1 Å². The first kappa shape index (κ1) is 12.8. The van der Waals surface area contributed by atoms with Crippen LogP contribution >= 0.6 is 0 Å². The van der Waals surface area contributed by atoms with Gasteiger partial charge in [0.2, 0.25) is 0 Å². The Bertz CT molecular complexity index is 454. The van der Waals surface area contributed by atoms with E-state index in [1.807, 2.05) is 6.07 Å². The first-order valence-electron chi connectivity index (χ1n) is 6.34. The molecule has 1 aromatic rings. The lowest BCUT2D eigenvalue weighted by atomic mass is 9.97. The molecule has 0 aliphatic carbocycles. The molecule has 0 radical (unpaired) electrons. The maximum Gasteiger partial charge on any atom is 0.143 e. The van der Waals surface area contributed by atoms with Crippen molar-refractivity contribution in [3.63, 3.8) is 0 Å². The minimum atomic E-state index is -0.469. The summed E-state index contributed by atoms with van der Waals surface area (Å²) in [5.74, 6) is -0.469. The molecule has 3 nitrogen and oxygen atoms in total. The molecule has 0 amide bonds. The van der Waals surface area contributed by atoms with Gasteiger partial charge in [-0.15, -0.1) is 0 Å². The quantitative estimate of drug-likeness (QED) is 0.893. The number of nitriles is 1. The zero-order chi connectivity index (χ0) is 13.0. The summed E-state index contributed by atoms with van der Waals surface area (Å²) in [5.41, 5.74) is 0.776. The number of piperidine rings is 1. The van der Waals surface area contributed by atoms with Gasteiger partial charge in [-0.2, -0.15) is 5.26 Å². The smallest absolute Gasteiger partial charge is 0.143 e. The molecule has 1 unspecified atom stereocenters. The van der Waals surface area contributed by atoms with Crippen molar-refractivity contribution in [1.29, 1.82) is 5.26 Å². The molecule has 4 heteroatoms. The van der Waals surface area contributed by atoms with Crippen LogP contribution in [-0.2, 0) is 0 Å². The van der Waals surface area contributed by atoms with Gasteiger partial charge >= 0.3 is 0 Å². The summed E-state index contributed by atoms with van der Waals surface area (Å²) in [7, 11) is 0. The van der Waals surface area contributed by atoms with Crippen LogP contribution in [0.1, 0.15) is 31.2 Å². The molecule has 0 saturated carbocycles. The van der Waals surface area contributed by atoms with Crippen molar-refractivity contribution in [2.24, 2.45) is 0 Å². The zero-order valence-electron chi connectivity index (χ0n) is 10.3. The Labute approximate surface area is 106 Å². The van der Waals surface area contributed by atoms with Gasteiger partial charge in [-0.05, 0) is 37.8 Å². The second kappa shape index (κ2) is 5.83. The van der Waals surface area contributed by atoms with E-state index >= 15 is 0 Å². The highest BCUT2D eigenvalue weighted by atomic mass is 19.1. The summed E-state index contributed by atoms with van der Waals surface area (Å²) in [6.45, 7) is 0.946. The highest BCUT2D eigenvalue weighted by molar-refractivity contribution is 5.60. The van der Waals surface area contributed by atoms with E-state index in [1.165, 1.54) is 6.07 Å². The van der Waals surface area contributed by atoms with E-state index < -0.39 is 5.82 Å². The number of halogens is 1. The van der Waals surface area contributed by atoms with Gasteiger partial charge in [0.05, 0.1) is 5.69 Å². The Balaban J connectivity index is 2.34. The van der Waals surface area contributed by atoms with E-state index in [1.54, 1.807) is 12.1 Å². The maximum atomic E-state index is 13.6. The minimum absolute atomic E-state index is 0.113. The van der Waals surface area contributed by atoms with Crippen LogP contribution in [0.5, 0.6) is 0 Å². The molecule has 1 aliphatic rings. The number of rotatable bonds is 3. The fraction of sp³-hybridized carbons (Fsp3) is 0.500. The lowest BCUT2D eigenvalue weighted by Gasteiger charge is -2.37. The van der Waals surface area contributed by atoms with Crippen molar-refractivity contribution in [1.82, 2.24) is 0 Å². The molecule has 1 aliphatic heterocycles. The number of anilines is 1. The molecule has 96 valence electrons. The summed E-state index contributed by atoms with van der Waals surface area (Å²) in [6, 6.07) is 6.89. The third-order valence-electron chi connectivity index (χ3n) is 3.50. The van der Waals surface area contributed by atoms with Crippen LogP contribution in [-0.4, -0.2) is 24.3 Å². The molecule has 0 spiro atoms. The predicted molar refractivity (Wildman–Crippen MR) is 67.8 cm³/mol. The topological polar surface area (TPSA) is 47.3 Å². The van der Waals surface area contributed by atoms with Gasteiger partial charge in [0, 0.05) is 19.2 Å². The minimum Gasteiger partial charge on any atom is -0.396 e. The Morgan fingerprint density at radius 3 is 3.00 bits per heavy atom. The van der Waals surface area contributed by atoms with Gasteiger partial charge < -0.3 is 10.0 Å². The number of hydrogen-bond donors (Lipinski definition) is 1. The lowest BCUT2D eigenvalue weighted by Crippen LogP contribution is -2.40. The van der Waals surface area contributed by atoms with E-state index in [-0.39, 0.29) is 18.2 Å². The number of benzene rings is 1. The summed E-state index contributed by atoms with van der Waals surface area (Å²) in [6.07, 6.45) is 3.82. The van der Waals surface area contributed by atoms with Crippen LogP contribution in [0.15, 0.2) is 18.2 Å². The van der Waals surface area contributed by atoms with E-state index in [9.17, 15) is 4.39 Å². The second-order valence-corrected chi connectivity index (χ2v) is 4.60. The Morgan fingerprint density at radius 1 is 1.44 bits per heavy atom. The fourth-order valence-electron chi connectivity index (χ4n) is 2.63. The SMILES string of the molecule is N#Cc1c(F)cccc1N1CCCCC1CCO. The van der Waals surface area contributed by atoms with Gasteiger partial charge in [0.15, 0.2) is 0 Å². The van der Waals surface area contributed by atoms with Crippen LogP contribution in [0.2, 0.25) is 0 Å². The molecule has 1 fully saturated rings. The highest BCUT2D eigenvalue weighted by Gasteiger charge is 2.25. The molecule has 18 heavy (non-hydrogen) atoms. The highest BCUT2D eigenvalue weighted by Crippen LogP contribution is 2.30. The Morgan fingerprint density at radius 2 is 2.28 bits per heavy atom. The van der Waals surface area contributed by atoms with Crippen LogP contribution in [0.3, 0.4) is 0 Å². The average molecular weight is 248 g/mol. The zero-order valence-corrected chi connectivity index (χ0v) is 10.3. The molecular formula is C14H17FN2O. The van der Waals surface area contributed by atoms with E-state index in [0.717, 1.165) is 25.8 Å². The third-order valence-corrected chi connectivity index (χ3v) is 3.50. The first-order valence-corrected chi connectivity index (χ1v) is 6.34. The molecule has 1 aromatic carbocycles. The Hall–Kier alpha value is -1.60. The summed E-state index contributed by atoms with van der Waals surface area (Å²) >= 11 is 0. The maximum absolute atomic E-state index is 13.6. The monoisotopic (exact) mass is 248 g/mol. The van der Waals surface area contributed by atoms with Gasteiger partial charge in [-0.1, -0.05) is 6.07 Å². The van der Waals surface area contributed by atoms with Gasteiger partial charge in [0.25, 0.3) is 0 Å². The predicted octanol–water partition coefficient (Wildman–Crippen LogP) is 2.44. The van der Waals surface area contributed by atoms with Gasteiger partial charge in [0.1, 0.15) is 17.4 Å². The number of aliphatic hydroxyl groups is 1. The van der Waals surface area contributed by atoms with E-state index in [0.29, 0.717) is 12.1 Å². The largest absolute Gasteiger partial charge is 0.396 e. The van der Waals surface area contributed by atoms with Crippen molar-refractivity contribution in [2.45, 2.75) is 31.7 Å². The van der Waals surface area contributed by atoms with Crippen LogP contribution in [0.25, 0.3) is 0 Å². The summed E-state index contributed by atoms with van der Waals surface area (Å²) in [4.78, 5) is 2.07. The van der Waals surface area contributed by atoms with Crippen molar-refractivity contribution in [3.8, 4) is 6.07 Å². The molecule has 1 atom stereocenters. The Kier molecular flexibility index (Phi) is 4.16. The molecule has 1 N–H and O–H groups in total. The lowest BCUT2D eigenvalue weighted by molar-refractivity contribution is 0.262. The molecule has 2 rings (SSSR count). The van der Waals surface area contributed by atoms with E-state index in [4.69, 9.17) is 10.4 Å². The van der Waals surface area contributed by atoms with Crippen molar-refractivity contribution in [2.75, 3.05) is 18.1 Å². The molecular weight excluding hydrogens is 231 g/mol. The molecule has 1 saturated heterocycles. The summed E-state index contributed by atoms with van der Waals surface area (Å²) in [5, 5.41) is 18.2. The van der Waals surface area contributed by atoms with E-state index in [2.05, 4.69) is 4.90 Å². The van der Waals surface area contributed by atoms with Crippen LogP contribution < -0.4 is 4.90 Å². The molecule has 1 heterocycles.